The van der Waals surface area contributed by atoms with Crippen LogP contribution in [0.4, 0.5) is 0 Å². The van der Waals surface area contributed by atoms with Crippen molar-refractivity contribution in [2.75, 3.05) is 27.4 Å². The van der Waals surface area contributed by atoms with Gasteiger partial charge in [-0.15, -0.1) is 0 Å². The highest BCUT2D eigenvalue weighted by molar-refractivity contribution is 6.21. The standard InChI is InChI=1S/C18H20O3/c1-11-8-15-16-13(12(11)2)6-5-7-14(16)17(19)18(15,9-20-3)10-21-4/h5-8H,9-10H2,1-4H3. The molecule has 2 aromatic rings. The van der Waals surface area contributed by atoms with Crippen molar-refractivity contribution in [3.05, 3.63) is 46.5 Å². The Bertz CT molecular complexity index is 725. The molecule has 21 heavy (non-hydrogen) atoms. The van der Waals surface area contributed by atoms with Gasteiger partial charge in [-0.2, -0.15) is 0 Å². The normalized spacial score (nSPS) is 15.9. The Morgan fingerprint density at radius 2 is 1.76 bits per heavy atom. The zero-order chi connectivity index (χ0) is 15.2. The first kappa shape index (κ1) is 14.2. The molecule has 0 spiro atoms. The van der Waals surface area contributed by atoms with E-state index in [4.69, 9.17) is 9.47 Å². The van der Waals surface area contributed by atoms with Crippen molar-refractivity contribution in [3.8, 4) is 0 Å². The van der Waals surface area contributed by atoms with Gasteiger partial charge < -0.3 is 9.47 Å². The second kappa shape index (κ2) is 4.93. The molecule has 3 rings (SSSR count). The number of Topliss-reactive ketones (excluding diaryl/α,β-unsaturated/α-hetero) is 1. The molecule has 1 aliphatic carbocycles. The van der Waals surface area contributed by atoms with E-state index in [0.29, 0.717) is 13.2 Å². The number of hydrogen-bond acceptors (Lipinski definition) is 3. The fourth-order valence-electron chi connectivity index (χ4n) is 3.53. The van der Waals surface area contributed by atoms with E-state index in [0.717, 1.165) is 21.9 Å². The van der Waals surface area contributed by atoms with Crippen LogP contribution in [0.25, 0.3) is 10.8 Å². The quantitative estimate of drug-likeness (QED) is 0.865. The lowest BCUT2D eigenvalue weighted by atomic mass is 9.80. The van der Waals surface area contributed by atoms with Gasteiger partial charge in [0.1, 0.15) is 5.41 Å². The minimum absolute atomic E-state index is 0.108. The van der Waals surface area contributed by atoms with E-state index in [1.165, 1.54) is 11.1 Å². The average molecular weight is 284 g/mol. The first-order valence-electron chi connectivity index (χ1n) is 7.13. The summed E-state index contributed by atoms with van der Waals surface area (Å²) in [6.45, 7) is 4.87. The van der Waals surface area contributed by atoms with Crippen LogP contribution in [0.2, 0.25) is 0 Å². The van der Waals surface area contributed by atoms with E-state index in [2.05, 4.69) is 26.0 Å². The summed E-state index contributed by atoms with van der Waals surface area (Å²) in [5, 5.41) is 2.23. The van der Waals surface area contributed by atoms with Crippen LogP contribution >= 0.6 is 0 Å². The highest BCUT2D eigenvalue weighted by atomic mass is 16.5. The molecule has 0 N–H and O–H groups in total. The predicted molar refractivity (Wildman–Crippen MR) is 83.2 cm³/mol. The van der Waals surface area contributed by atoms with Crippen molar-refractivity contribution in [1.82, 2.24) is 0 Å². The Hall–Kier alpha value is -1.71. The second-order valence-electron chi connectivity index (χ2n) is 5.87. The molecule has 3 nitrogen and oxygen atoms in total. The van der Waals surface area contributed by atoms with Gasteiger partial charge in [-0.05, 0) is 41.3 Å². The van der Waals surface area contributed by atoms with Crippen LogP contribution in [0, 0.1) is 13.8 Å². The Morgan fingerprint density at radius 1 is 1.10 bits per heavy atom. The van der Waals surface area contributed by atoms with Gasteiger partial charge in [0.05, 0.1) is 13.2 Å². The van der Waals surface area contributed by atoms with Gasteiger partial charge >= 0.3 is 0 Å². The van der Waals surface area contributed by atoms with Gasteiger partial charge in [0.25, 0.3) is 0 Å². The summed E-state index contributed by atoms with van der Waals surface area (Å²) in [5.41, 5.74) is 3.55. The number of rotatable bonds is 4. The van der Waals surface area contributed by atoms with Crippen molar-refractivity contribution in [2.24, 2.45) is 0 Å². The van der Waals surface area contributed by atoms with Gasteiger partial charge in [0, 0.05) is 19.8 Å². The topological polar surface area (TPSA) is 35.5 Å². The maximum absolute atomic E-state index is 13.0. The SMILES string of the molecule is COCC1(COC)C(=O)c2cccc3c(C)c(C)cc1c23. The zero-order valence-corrected chi connectivity index (χ0v) is 12.9. The summed E-state index contributed by atoms with van der Waals surface area (Å²) in [7, 11) is 3.26. The molecule has 1 aliphatic rings. The number of ether oxygens (including phenoxy) is 2. The van der Waals surface area contributed by atoms with Crippen LogP contribution in [-0.4, -0.2) is 33.2 Å². The summed E-state index contributed by atoms with van der Waals surface area (Å²) in [4.78, 5) is 13.0. The van der Waals surface area contributed by atoms with Crippen molar-refractivity contribution in [3.63, 3.8) is 0 Å². The van der Waals surface area contributed by atoms with Crippen molar-refractivity contribution in [1.29, 1.82) is 0 Å². The number of methoxy groups -OCH3 is 2. The first-order valence-corrected chi connectivity index (χ1v) is 7.13. The zero-order valence-electron chi connectivity index (χ0n) is 12.9. The number of carbonyl (C=O) groups excluding carboxylic acids is 1. The van der Waals surface area contributed by atoms with Crippen LogP contribution < -0.4 is 0 Å². The summed E-state index contributed by atoms with van der Waals surface area (Å²) in [6, 6.07) is 8.09. The average Bonchev–Trinajstić information content (AvgIpc) is 2.70. The highest BCUT2D eigenvalue weighted by Gasteiger charge is 2.48. The highest BCUT2D eigenvalue weighted by Crippen LogP contribution is 2.44. The van der Waals surface area contributed by atoms with Gasteiger partial charge in [-0.25, -0.2) is 0 Å². The molecule has 0 heterocycles. The lowest BCUT2D eigenvalue weighted by Gasteiger charge is -2.28. The fourth-order valence-corrected chi connectivity index (χ4v) is 3.53. The Labute approximate surface area is 124 Å². The van der Waals surface area contributed by atoms with Crippen molar-refractivity contribution < 1.29 is 14.3 Å². The van der Waals surface area contributed by atoms with Crippen LogP contribution in [0.15, 0.2) is 24.3 Å². The minimum Gasteiger partial charge on any atom is -0.383 e. The van der Waals surface area contributed by atoms with E-state index in [-0.39, 0.29) is 5.78 Å². The molecule has 0 unspecified atom stereocenters. The third kappa shape index (κ3) is 1.78. The van der Waals surface area contributed by atoms with Gasteiger partial charge in [0.15, 0.2) is 5.78 Å². The first-order chi connectivity index (χ1) is 10.1. The fraction of sp³-hybridized carbons (Fsp3) is 0.389. The van der Waals surface area contributed by atoms with Gasteiger partial charge in [-0.1, -0.05) is 24.3 Å². The molecule has 110 valence electrons. The molecular weight excluding hydrogens is 264 g/mol. The Balaban J connectivity index is 2.40. The molecule has 0 saturated heterocycles. The van der Waals surface area contributed by atoms with Crippen LogP contribution in [0.3, 0.4) is 0 Å². The molecule has 0 atom stereocenters. The largest absolute Gasteiger partial charge is 0.383 e. The Kier molecular flexibility index (Phi) is 3.34. The molecule has 0 radical (unpaired) electrons. The third-order valence-electron chi connectivity index (χ3n) is 4.67. The van der Waals surface area contributed by atoms with Crippen molar-refractivity contribution >= 4 is 16.6 Å². The monoisotopic (exact) mass is 284 g/mol. The summed E-state index contributed by atoms with van der Waals surface area (Å²) in [5.74, 6) is 0.108. The third-order valence-corrected chi connectivity index (χ3v) is 4.67. The minimum atomic E-state index is -0.718. The van der Waals surface area contributed by atoms with E-state index >= 15 is 0 Å². The molecule has 0 aromatic heterocycles. The van der Waals surface area contributed by atoms with E-state index in [9.17, 15) is 4.79 Å². The number of carbonyl (C=O) groups is 1. The van der Waals surface area contributed by atoms with Crippen LogP contribution in [0.5, 0.6) is 0 Å². The molecule has 0 fully saturated rings. The molecule has 0 bridgehead atoms. The number of aryl methyl sites for hydroxylation is 2. The number of hydrogen-bond donors (Lipinski definition) is 0. The van der Waals surface area contributed by atoms with E-state index in [1.54, 1.807) is 14.2 Å². The molecule has 0 amide bonds. The molecule has 2 aromatic carbocycles. The smallest absolute Gasteiger partial charge is 0.178 e. The van der Waals surface area contributed by atoms with E-state index < -0.39 is 5.41 Å². The molecule has 0 aliphatic heterocycles. The number of benzene rings is 2. The van der Waals surface area contributed by atoms with Crippen LogP contribution in [-0.2, 0) is 14.9 Å². The van der Waals surface area contributed by atoms with Crippen LogP contribution in [0.1, 0.15) is 27.0 Å². The summed E-state index contributed by atoms with van der Waals surface area (Å²) >= 11 is 0. The number of ketones is 1. The van der Waals surface area contributed by atoms with Crippen molar-refractivity contribution in [2.45, 2.75) is 19.3 Å². The molecular formula is C18H20O3. The predicted octanol–water partition coefficient (Wildman–Crippen LogP) is 3.18. The second-order valence-corrected chi connectivity index (χ2v) is 5.87. The summed E-state index contributed by atoms with van der Waals surface area (Å²) < 4.78 is 10.8. The lowest BCUT2D eigenvalue weighted by Crippen LogP contribution is -2.41. The Morgan fingerprint density at radius 3 is 2.38 bits per heavy atom. The maximum Gasteiger partial charge on any atom is 0.178 e. The lowest BCUT2D eigenvalue weighted by molar-refractivity contribution is 0.0482. The van der Waals surface area contributed by atoms with Gasteiger partial charge in [0.2, 0.25) is 0 Å². The maximum atomic E-state index is 13.0. The molecule has 0 saturated carbocycles. The molecule has 3 heteroatoms. The summed E-state index contributed by atoms with van der Waals surface area (Å²) in [6.07, 6.45) is 0. The van der Waals surface area contributed by atoms with E-state index in [1.807, 2.05) is 12.1 Å². The van der Waals surface area contributed by atoms with Gasteiger partial charge in [-0.3, -0.25) is 4.79 Å².